The van der Waals surface area contributed by atoms with Crippen molar-refractivity contribution in [2.45, 2.75) is 31.7 Å². The predicted molar refractivity (Wildman–Crippen MR) is 85.9 cm³/mol. The maximum absolute atomic E-state index is 12.9. The number of nitrogens with zero attached hydrogens (tertiary/aromatic N) is 2. The Morgan fingerprint density at radius 1 is 1.33 bits per heavy atom. The lowest BCUT2D eigenvalue weighted by Gasteiger charge is -2.36. The van der Waals surface area contributed by atoms with Crippen LogP contribution in [-0.4, -0.2) is 55.5 Å². The molecule has 4 nitrogen and oxygen atoms in total. The summed E-state index contributed by atoms with van der Waals surface area (Å²) in [5, 5.41) is 3.41. The van der Waals surface area contributed by atoms with Crippen LogP contribution >= 0.6 is 0 Å². The molecule has 1 aromatic carbocycles. The summed E-state index contributed by atoms with van der Waals surface area (Å²) in [5.74, 6) is 0.210. The predicted octanol–water partition coefficient (Wildman–Crippen LogP) is 2.21. The summed E-state index contributed by atoms with van der Waals surface area (Å²) in [5.41, 5.74) is 3.26. The van der Waals surface area contributed by atoms with Crippen LogP contribution in [0.4, 0.5) is 5.69 Å². The number of amides is 1. The molecule has 0 aliphatic carbocycles. The molecule has 1 atom stereocenters. The third-order valence-electron chi connectivity index (χ3n) is 4.74. The molecule has 0 aromatic heterocycles. The van der Waals surface area contributed by atoms with Crippen LogP contribution < -0.4 is 5.32 Å². The molecule has 1 N–H and O–H groups in total. The average molecular weight is 287 g/mol. The van der Waals surface area contributed by atoms with Gasteiger partial charge < -0.3 is 15.1 Å². The normalized spacial score (nSPS) is 21.9. The molecule has 1 unspecified atom stereocenters. The number of benzene rings is 1. The highest BCUT2D eigenvalue weighted by Gasteiger charge is 2.27. The van der Waals surface area contributed by atoms with Gasteiger partial charge in [0.2, 0.25) is 0 Å². The Morgan fingerprint density at radius 2 is 2.19 bits per heavy atom. The van der Waals surface area contributed by atoms with Gasteiger partial charge in [-0.2, -0.15) is 0 Å². The van der Waals surface area contributed by atoms with E-state index in [4.69, 9.17) is 0 Å². The Balaban J connectivity index is 1.82. The average Bonchev–Trinajstić information content (AvgIpc) is 2.53. The molecule has 0 saturated carbocycles. The lowest BCUT2D eigenvalue weighted by Crippen LogP contribution is -2.47. The maximum atomic E-state index is 12.9. The number of likely N-dealkylation sites (tertiary alicyclic amines) is 1. The number of nitrogens with one attached hydrogen (secondary N) is 1. The second-order valence-corrected chi connectivity index (χ2v) is 6.37. The minimum Gasteiger partial charge on any atom is -0.385 e. The van der Waals surface area contributed by atoms with Crippen LogP contribution in [-0.2, 0) is 6.42 Å². The smallest absolute Gasteiger partial charge is 0.254 e. The van der Waals surface area contributed by atoms with E-state index in [1.807, 2.05) is 17.0 Å². The summed E-state index contributed by atoms with van der Waals surface area (Å²) in [4.78, 5) is 17.2. The van der Waals surface area contributed by atoms with Crippen molar-refractivity contribution < 1.29 is 4.79 Å². The molecule has 1 fully saturated rings. The van der Waals surface area contributed by atoms with Crippen molar-refractivity contribution >= 4 is 11.6 Å². The SMILES string of the molecule is CN(C)C1CCCN(C(=O)c2cccc3c2CCCN3)C1. The number of fused-ring (bicyclic) bond motifs is 1. The standard InChI is InChI=1S/C17H25N3O/c1-19(2)13-6-5-11-20(12-13)17(21)15-7-3-9-16-14(15)8-4-10-18-16/h3,7,9,13,18H,4-6,8,10-12H2,1-2H3. The molecule has 2 aliphatic heterocycles. The van der Waals surface area contributed by atoms with Gasteiger partial charge in [-0.1, -0.05) is 6.07 Å². The largest absolute Gasteiger partial charge is 0.385 e. The van der Waals surface area contributed by atoms with Gasteiger partial charge in [0.05, 0.1) is 0 Å². The van der Waals surface area contributed by atoms with Crippen molar-refractivity contribution in [3.63, 3.8) is 0 Å². The number of piperidine rings is 1. The first-order valence-corrected chi connectivity index (χ1v) is 7.98. The Labute approximate surface area is 127 Å². The molecule has 3 rings (SSSR count). The molecule has 0 spiro atoms. The summed E-state index contributed by atoms with van der Waals surface area (Å²) < 4.78 is 0. The monoisotopic (exact) mass is 287 g/mol. The summed E-state index contributed by atoms with van der Waals surface area (Å²) >= 11 is 0. The molecule has 1 amide bonds. The summed E-state index contributed by atoms with van der Waals surface area (Å²) in [7, 11) is 4.21. The van der Waals surface area contributed by atoms with E-state index in [0.29, 0.717) is 6.04 Å². The lowest BCUT2D eigenvalue weighted by atomic mass is 9.95. The molecule has 114 valence electrons. The number of carbonyl (C=O) groups is 1. The van der Waals surface area contributed by atoms with Gasteiger partial charge in [0.15, 0.2) is 0 Å². The molecule has 1 aromatic rings. The van der Waals surface area contributed by atoms with Crippen LogP contribution in [0, 0.1) is 0 Å². The van der Waals surface area contributed by atoms with E-state index in [2.05, 4.69) is 30.4 Å². The van der Waals surface area contributed by atoms with Gasteiger partial charge in [0.1, 0.15) is 0 Å². The molecule has 21 heavy (non-hydrogen) atoms. The molecular formula is C17H25N3O. The highest BCUT2D eigenvalue weighted by molar-refractivity contribution is 5.97. The van der Waals surface area contributed by atoms with Crippen LogP contribution in [0.25, 0.3) is 0 Å². The van der Waals surface area contributed by atoms with Crippen molar-refractivity contribution in [3.05, 3.63) is 29.3 Å². The molecule has 1 saturated heterocycles. The van der Waals surface area contributed by atoms with Gasteiger partial charge in [0.25, 0.3) is 5.91 Å². The molecule has 0 bridgehead atoms. The third kappa shape index (κ3) is 2.91. The van der Waals surface area contributed by atoms with E-state index in [0.717, 1.165) is 50.1 Å². The van der Waals surface area contributed by atoms with Crippen molar-refractivity contribution in [2.24, 2.45) is 0 Å². The van der Waals surface area contributed by atoms with E-state index < -0.39 is 0 Å². The zero-order valence-corrected chi connectivity index (χ0v) is 13.1. The Bertz CT molecular complexity index is 527. The second-order valence-electron chi connectivity index (χ2n) is 6.37. The lowest BCUT2D eigenvalue weighted by molar-refractivity contribution is 0.0634. The van der Waals surface area contributed by atoms with Crippen molar-refractivity contribution in [3.8, 4) is 0 Å². The Morgan fingerprint density at radius 3 is 3.00 bits per heavy atom. The topological polar surface area (TPSA) is 35.6 Å². The van der Waals surface area contributed by atoms with Gasteiger partial charge in [-0.15, -0.1) is 0 Å². The number of hydrogen-bond donors (Lipinski definition) is 1. The Kier molecular flexibility index (Phi) is 4.15. The molecule has 0 radical (unpaired) electrons. The summed E-state index contributed by atoms with van der Waals surface area (Å²) in [6, 6.07) is 6.57. The Hall–Kier alpha value is -1.55. The van der Waals surface area contributed by atoms with Crippen LogP contribution in [0.2, 0.25) is 0 Å². The summed E-state index contributed by atoms with van der Waals surface area (Å²) in [6.45, 7) is 2.75. The fourth-order valence-electron chi connectivity index (χ4n) is 3.44. The number of carbonyl (C=O) groups excluding carboxylic acids is 1. The zero-order valence-electron chi connectivity index (χ0n) is 13.1. The van der Waals surface area contributed by atoms with Crippen LogP contribution in [0.1, 0.15) is 35.2 Å². The van der Waals surface area contributed by atoms with E-state index in [1.54, 1.807) is 0 Å². The fourth-order valence-corrected chi connectivity index (χ4v) is 3.44. The van der Waals surface area contributed by atoms with Crippen molar-refractivity contribution in [2.75, 3.05) is 39.0 Å². The molecule has 2 heterocycles. The third-order valence-corrected chi connectivity index (χ3v) is 4.74. The quantitative estimate of drug-likeness (QED) is 0.906. The number of likely N-dealkylation sites (N-methyl/N-ethyl adjacent to an activating group) is 1. The van der Waals surface area contributed by atoms with Crippen LogP contribution in [0.15, 0.2) is 18.2 Å². The molecule has 2 aliphatic rings. The van der Waals surface area contributed by atoms with Gasteiger partial charge in [-0.25, -0.2) is 0 Å². The van der Waals surface area contributed by atoms with E-state index in [9.17, 15) is 4.79 Å². The van der Waals surface area contributed by atoms with Gasteiger partial charge in [-0.05, 0) is 57.5 Å². The zero-order chi connectivity index (χ0) is 14.8. The molecular weight excluding hydrogens is 262 g/mol. The number of hydrogen-bond acceptors (Lipinski definition) is 3. The second kappa shape index (κ2) is 6.06. The van der Waals surface area contributed by atoms with Crippen molar-refractivity contribution in [1.29, 1.82) is 0 Å². The van der Waals surface area contributed by atoms with Crippen LogP contribution in [0.5, 0.6) is 0 Å². The number of rotatable bonds is 2. The number of anilines is 1. The minimum atomic E-state index is 0.210. The highest BCUT2D eigenvalue weighted by atomic mass is 16.2. The van der Waals surface area contributed by atoms with Gasteiger partial charge in [-0.3, -0.25) is 4.79 Å². The van der Waals surface area contributed by atoms with Crippen LogP contribution in [0.3, 0.4) is 0 Å². The van der Waals surface area contributed by atoms with Gasteiger partial charge in [0, 0.05) is 36.9 Å². The maximum Gasteiger partial charge on any atom is 0.254 e. The van der Waals surface area contributed by atoms with E-state index in [-0.39, 0.29) is 5.91 Å². The van der Waals surface area contributed by atoms with Gasteiger partial charge >= 0.3 is 0 Å². The first kappa shape index (κ1) is 14.4. The first-order valence-electron chi connectivity index (χ1n) is 7.98. The minimum absolute atomic E-state index is 0.210. The van der Waals surface area contributed by atoms with Crippen molar-refractivity contribution in [1.82, 2.24) is 9.80 Å². The van der Waals surface area contributed by atoms with E-state index >= 15 is 0 Å². The first-order chi connectivity index (χ1) is 10.2. The van der Waals surface area contributed by atoms with E-state index in [1.165, 1.54) is 12.0 Å². The molecule has 4 heteroatoms. The highest BCUT2D eigenvalue weighted by Crippen LogP contribution is 2.27. The fraction of sp³-hybridized carbons (Fsp3) is 0.588. The summed E-state index contributed by atoms with van der Waals surface area (Å²) in [6.07, 6.45) is 4.40.